The van der Waals surface area contributed by atoms with E-state index in [1.165, 1.54) is 12.1 Å². The van der Waals surface area contributed by atoms with E-state index in [0.29, 0.717) is 35.9 Å². The van der Waals surface area contributed by atoms with Crippen molar-refractivity contribution in [1.29, 1.82) is 0 Å². The minimum Gasteiger partial charge on any atom is -0.491 e. The normalized spacial score (nSPS) is 11.0. The lowest BCUT2D eigenvalue weighted by Crippen LogP contribution is -2.04. The molecule has 0 bridgehead atoms. The number of ether oxygens (including phenoxy) is 1. The van der Waals surface area contributed by atoms with Gasteiger partial charge in [-0.05, 0) is 53.1 Å². The molecule has 2 aromatic carbocycles. The Bertz CT molecular complexity index is 1390. The van der Waals surface area contributed by atoms with Crippen molar-refractivity contribution in [1.82, 2.24) is 25.1 Å². The molecule has 0 spiro atoms. The minimum absolute atomic E-state index is 0.299. The van der Waals surface area contributed by atoms with Crippen LogP contribution in [0.2, 0.25) is 0 Å². The van der Waals surface area contributed by atoms with Crippen LogP contribution in [0.5, 0.6) is 5.75 Å². The molecule has 0 amide bonds. The average molecular weight is 440 g/mol. The van der Waals surface area contributed by atoms with Crippen LogP contribution in [0.4, 0.5) is 10.2 Å². The van der Waals surface area contributed by atoms with Crippen molar-refractivity contribution in [2.24, 2.45) is 0 Å². The lowest BCUT2D eigenvalue weighted by molar-refractivity contribution is 0.325. The van der Waals surface area contributed by atoms with Gasteiger partial charge in [0.1, 0.15) is 22.9 Å². The van der Waals surface area contributed by atoms with Gasteiger partial charge in [-0.2, -0.15) is 5.10 Å². The first-order valence-corrected chi connectivity index (χ1v) is 10.5. The van der Waals surface area contributed by atoms with Crippen molar-refractivity contribution < 1.29 is 9.13 Å². The molecule has 0 fully saturated rings. The molecule has 8 heteroatoms. The summed E-state index contributed by atoms with van der Waals surface area (Å²) in [6.45, 7) is 0.433. The van der Waals surface area contributed by atoms with Crippen molar-refractivity contribution >= 4 is 16.7 Å². The summed E-state index contributed by atoms with van der Waals surface area (Å²) in [5.74, 6) is 1.49. The van der Waals surface area contributed by atoms with Gasteiger partial charge in [-0.1, -0.05) is 12.1 Å². The van der Waals surface area contributed by atoms with Crippen molar-refractivity contribution in [3.8, 4) is 28.3 Å². The van der Waals surface area contributed by atoms with Crippen LogP contribution >= 0.6 is 0 Å². The zero-order valence-electron chi connectivity index (χ0n) is 17.9. The highest BCUT2D eigenvalue weighted by atomic mass is 19.1. The summed E-state index contributed by atoms with van der Waals surface area (Å²) in [4.78, 5) is 13.7. The number of aromatic nitrogens is 5. The number of pyridine rings is 1. The fourth-order valence-electron chi connectivity index (χ4n) is 3.65. The number of fused-ring (bicyclic) bond motifs is 1. The van der Waals surface area contributed by atoms with Gasteiger partial charge in [-0.3, -0.25) is 10.1 Å². The van der Waals surface area contributed by atoms with E-state index in [4.69, 9.17) is 14.7 Å². The fourth-order valence-corrected chi connectivity index (χ4v) is 3.65. The summed E-state index contributed by atoms with van der Waals surface area (Å²) in [6.07, 6.45) is 7.72. The minimum atomic E-state index is -0.299. The van der Waals surface area contributed by atoms with E-state index in [1.54, 1.807) is 24.7 Å². The van der Waals surface area contributed by atoms with Crippen LogP contribution in [-0.4, -0.2) is 38.8 Å². The van der Waals surface area contributed by atoms with E-state index in [1.807, 2.05) is 43.6 Å². The number of aromatic amines is 1. The summed E-state index contributed by atoms with van der Waals surface area (Å²) in [5, 5.41) is 10.7. The third-order valence-corrected chi connectivity index (χ3v) is 5.28. The molecule has 0 atom stereocenters. The molecule has 2 N–H and O–H groups in total. The molecule has 0 aliphatic carbocycles. The number of hydrogen-bond acceptors (Lipinski definition) is 6. The van der Waals surface area contributed by atoms with Crippen molar-refractivity contribution in [3.05, 3.63) is 84.7 Å². The van der Waals surface area contributed by atoms with Crippen LogP contribution in [0.15, 0.2) is 73.3 Å². The van der Waals surface area contributed by atoms with Gasteiger partial charge in [0.2, 0.25) is 0 Å². The second-order valence-electron chi connectivity index (χ2n) is 7.47. The lowest BCUT2D eigenvalue weighted by Gasteiger charge is -2.15. The van der Waals surface area contributed by atoms with Gasteiger partial charge >= 0.3 is 0 Å². The monoisotopic (exact) mass is 440 g/mol. The van der Waals surface area contributed by atoms with E-state index >= 15 is 0 Å². The van der Waals surface area contributed by atoms with Gasteiger partial charge in [0.15, 0.2) is 5.82 Å². The molecule has 7 nitrogen and oxygen atoms in total. The topological polar surface area (TPSA) is 88.6 Å². The number of nitrogens with one attached hydrogen (secondary N) is 2. The number of H-pyrrole nitrogens is 1. The number of nitrogens with zero attached hydrogens (tertiary/aromatic N) is 4. The third kappa shape index (κ3) is 4.36. The van der Waals surface area contributed by atoms with E-state index < -0.39 is 0 Å². The highest BCUT2D eigenvalue weighted by Gasteiger charge is 2.16. The number of anilines is 1. The van der Waals surface area contributed by atoms with Crippen LogP contribution in [0.1, 0.15) is 5.56 Å². The Morgan fingerprint density at radius 1 is 1.00 bits per heavy atom. The standard InChI is InChI=1S/C25H21FN6O/c1-27-25-21-11-19(17-4-2-6-20(26)10-17)12-22(33-9-7-16-13-29-30-14-16)23(21)31-24(32-25)18-5-3-8-28-15-18/h2-6,8,10-15H,7,9H2,1H3,(H,29,30)(H,27,31,32). The Labute approximate surface area is 189 Å². The Hall–Kier alpha value is -4.33. The smallest absolute Gasteiger partial charge is 0.163 e. The SMILES string of the molecule is CNc1nc(-c2cccnc2)nc2c(OCCc3cn[nH]c3)cc(-c3cccc(F)c3)cc12. The van der Waals surface area contributed by atoms with Crippen LogP contribution in [0, 0.1) is 5.82 Å². The molecule has 0 unspecified atom stereocenters. The van der Waals surface area contributed by atoms with Crippen molar-refractivity contribution in [2.45, 2.75) is 6.42 Å². The van der Waals surface area contributed by atoms with Crippen LogP contribution in [0.3, 0.4) is 0 Å². The molecule has 0 aliphatic rings. The maximum absolute atomic E-state index is 13.9. The van der Waals surface area contributed by atoms with Gasteiger partial charge in [-0.15, -0.1) is 0 Å². The van der Waals surface area contributed by atoms with E-state index in [9.17, 15) is 4.39 Å². The second-order valence-corrected chi connectivity index (χ2v) is 7.47. The Morgan fingerprint density at radius 3 is 2.67 bits per heavy atom. The molecule has 0 saturated carbocycles. The molecule has 0 saturated heterocycles. The maximum atomic E-state index is 13.9. The van der Waals surface area contributed by atoms with E-state index in [0.717, 1.165) is 27.6 Å². The number of benzene rings is 2. The molecular weight excluding hydrogens is 419 g/mol. The largest absolute Gasteiger partial charge is 0.491 e. The molecule has 164 valence electrons. The van der Waals surface area contributed by atoms with Gasteiger partial charge in [0.25, 0.3) is 0 Å². The molecule has 0 radical (unpaired) electrons. The zero-order valence-corrected chi connectivity index (χ0v) is 17.9. The predicted octanol–water partition coefficient (Wildman–Crippen LogP) is 4.88. The molecule has 5 aromatic rings. The van der Waals surface area contributed by atoms with Crippen LogP contribution < -0.4 is 10.1 Å². The van der Waals surface area contributed by atoms with Gasteiger partial charge in [0, 0.05) is 43.0 Å². The summed E-state index contributed by atoms with van der Waals surface area (Å²) >= 11 is 0. The third-order valence-electron chi connectivity index (χ3n) is 5.28. The van der Waals surface area contributed by atoms with Crippen LogP contribution in [0.25, 0.3) is 33.4 Å². The summed E-state index contributed by atoms with van der Waals surface area (Å²) in [5.41, 5.74) is 4.07. The first-order chi connectivity index (χ1) is 16.2. The molecular formula is C25H21FN6O. The van der Waals surface area contributed by atoms with Gasteiger partial charge < -0.3 is 10.1 Å². The summed E-state index contributed by atoms with van der Waals surface area (Å²) in [7, 11) is 1.81. The zero-order chi connectivity index (χ0) is 22.6. The van der Waals surface area contributed by atoms with Crippen molar-refractivity contribution in [3.63, 3.8) is 0 Å². The first kappa shape index (κ1) is 20.6. The second kappa shape index (κ2) is 9.04. The summed E-state index contributed by atoms with van der Waals surface area (Å²) < 4.78 is 20.1. The quantitative estimate of drug-likeness (QED) is 0.375. The Balaban J connectivity index is 1.64. The van der Waals surface area contributed by atoms with Gasteiger partial charge in [0.05, 0.1) is 12.8 Å². The maximum Gasteiger partial charge on any atom is 0.163 e. The molecule has 0 aliphatic heterocycles. The van der Waals surface area contributed by atoms with E-state index in [2.05, 4.69) is 20.5 Å². The van der Waals surface area contributed by atoms with Gasteiger partial charge in [-0.25, -0.2) is 14.4 Å². The Morgan fingerprint density at radius 2 is 1.91 bits per heavy atom. The Kier molecular flexibility index (Phi) is 5.63. The van der Waals surface area contributed by atoms with E-state index in [-0.39, 0.29) is 5.82 Å². The molecule has 33 heavy (non-hydrogen) atoms. The highest BCUT2D eigenvalue weighted by Crippen LogP contribution is 2.36. The van der Waals surface area contributed by atoms with Crippen LogP contribution in [-0.2, 0) is 6.42 Å². The fraction of sp³-hybridized carbons (Fsp3) is 0.120. The summed E-state index contributed by atoms with van der Waals surface area (Å²) in [6, 6.07) is 14.1. The highest BCUT2D eigenvalue weighted by molar-refractivity contribution is 5.97. The lowest BCUT2D eigenvalue weighted by atomic mass is 10.0. The molecule has 5 rings (SSSR count). The first-order valence-electron chi connectivity index (χ1n) is 10.5. The molecule has 3 heterocycles. The predicted molar refractivity (Wildman–Crippen MR) is 125 cm³/mol. The molecule has 3 aromatic heterocycles. The number of rotatable bonds is 7. The number of halogens is 1. The average Bonchev–Trinajstić information content (AvgIpc) is 3.37. The van der Waals surface area contributed by atoms with Crippen molar-refractivity contribution in [2.75, 3.05) is 19.0 Å². The number of hydrogen-bond donors (Lipinski definition) is 2.